The first-order chi connectivity index (χ1) is 53.5. The number of carboxylic acids is 1. The third kappa shape index (κ3) is 30.0. The minimum atomic E-state index is -4.12. The lowest BCUT2D eigenvalue weighted by molar-refractivity contribution is -0.151. The van der Waals surface area contributed by atoms with E-state index >= 15 is 24.0 Å². The van der Waals surface area contributed by atoms with Crippen LogP contribution in [0.5, 0.6) is 23.0 Å². The summed E-state index contributed by atoms with van der Waals surface area (Å²) in [6, 6.07) is 33.4. The molecule has 11 N–H and O–H groups in total. The van der Waals surface area contributed by atoms with Crippen molar-refractivity contribution in [1.82, 2.24) is 49.8 Å². The van der Waals surface area contributed by atoms with Crippen molar-refractivity contribution in [3.05, 3.63) is 149 Å². The molecular weight excluding hydrogens is 1470 g/mol. The molecule has 5 aromatic rings. The van der Waals surface area contributed by atoms with Crippen molar-refractivity contribution in [2.75, 3.05) is 150 Å². The normalized spacial score (nSPS) is 12.2. The van der Waals surface area contributed by atoms with Crippen LogP contribution >= 0.6 is 12.6 Å². The van der Waals surface area contributed by atoms with Gasteiger partial charge in [-0.15, -0.1) is 0 Å². The number of hydrogen-bond donors (Lipinski definition) is 8. The number of rotatable bonds is 51. The van der Waals surface area contributed by atoms with E-state index in [4.69, 9.17) is 46.0 Å². The lowest BCUT2D eigenvalue weighted by Crippen LogP contribution is -2.53. The number of hydrogen-bond acceptors (Lipinski definition) is 22. The van der Waals surface area contributed by atoms with Gasteiger partial charge in [0, 0.05) is 52.4 Å². The Balaban J connectivity index is 1.17. The van der Waals surface area contributed by atoms with Crippen LogP contribution < -0.4 is 51.9 Å². The lowest BCUT2D eigenvalue weighted by Gasteiger charge is -2.33. The SMILES string of the molecule is CCOCN(CC(=O)N(CCCCN)CC(=O)N(CC(=O)N(CCCCN)CC(=O)NC(CCS)C(=O)O)Cc1ccc2c(c1)OCO2)C(=O)CN(CCc1ccc(S(N)(=O)=O)cc1)C(=O)CN(Cc1ccc2c(c1)OCO2)C(=O)CN(CCCCN)C(=O)CN(CCc1ccccc1)C(=O)CNCCc1ccccc1. The topological polar surface area (TPSA) is 425 Å². The molecule has 0 saturated carbocycles. The number of fused-ring (bicyclic) bond motifs is 2. The second kappa shape index (κ2) is 46.7. The number of primary sulfonamides is 1. The highest BCUT2D eigenvalue weighted by Crippen LogP contribution is 2.34. The Kier molecular flexibility index (Phi) is 37.1. The van der Waals surface area contributed by atoms with Gasteiger partial charge in [0.1, 0.15) is 32.4 Å². The van der Waals surface area contributed by atoms with Gasteiger partial charge < -0.3 is 95.8 Å². The molecule has 0 bridgehead atoms. The summed E-state index contributed by atoms with van der Waals surface area (Å²) < 4.78 is 52.9. The number of nitrogens with two attached hydrogens (primary N) is 4. The molecule has 2 aliphatic heterocycles. The van der Waals surface area contributed by atoms with Gasteiger partial charge in [-0.25, -0.2) is 18.4 Å². The van der Waals surface area contributed by atoms with Crippen molar-refractivity contribution in [1.29, 1.82) is 0 Å². The maximum atomic E-state index is 15.4. The number of aliphatic carboxylic acids is 1. The molecule has 2 aliphatic rings. The number of nitrogens with zero attached hydrogens (tertiary/aromatic N) is 8. The molecule has 1 unspecified atom stereocenters. The molecule has 2 heterocycles. The molecule has 0 saturated heterocycles. The molecule has 0 spiro atoms. The Bertz CT molecular complexity index is 3980. The maximum absolute atomic E-state index is 15.4. The number of ether oxygens (including phenoxy) is 5. The van der Waals surface area contributed by atoms with Crippen LogP contribution in [0.25, 0.3) is 0 Å². The first-order valence-corrected chi connectivity index (χ1v) is 39.4. The standard InChI is InChI=1S/C77H106N14O18S2/c1-2-105-54-91(53-73(97)86(37-14-11-33-80)49-75(99)89(44-60-21-25-64-66(41-60)108-55-106-64)51-71(95)84(35-12-9-31-78)46-68(92)83-63(30-40-110)77(101)102)76(100)50-88(39-29-59-19-23-62(24-20-59)111(81,103)104)72(96)52-90(45-61-22-26-65-67(42-61)109-56-107-65)74(98)48-85(36-13-10-32-79)70(94)47-87(38-28-58-17-7-4-8-18-58)69(93)43-82-34-27-57-15-5-3-6-16-57/h3-8,15-26,41-42,63,82,110H,2,9-14,27-40,43-56,78-80H2,1H3,(H,83,92)(H,101,102)(H2,81,103,104). The minimum absolute atomic E-state index is 0.00154. The summed E-state index contributed by atoms with van der Waals surface area (Å²) >= 11 is 4.12. The highest BCUT2D eigenvalue weighted by atomic mass is 32.2. The molecule has 7 rings (SSSR count). The number of sulfonamides is 1. The van der Waals surface area contributed by atoms with Crippen LogP contribution in [0, 0.1) is 0 Å². The van der Waals surface area contributed by atoms with Crippen molar-refractivity contribution in [3.8, 4) is 23.0 Å². The quantitative estimate of drug-likeness (QED) is 0.0155. The molecule has 0 aromatic heterocycles. The average molecular weight is 1580 g/mol. The van der Waals surface area contributed by atoms with E-state index in [1.165, 1.54) is 58.6 Å². The van der Waals surface area contributed by atoms with Gasteiger partial charge in [0.05, 0.1) is 44.2 Å². The number of carbonyl (C=O) groups excluding carboxylic acids is 9. The van der Waals surface area contributed by atoms with E-state index in [-0.39, 0.29) is 128 Å². The second-order valence-electron chi connectivity index (χ2n) is 26.7. The summed E-state index contributed by atoms with van der Waals surface area (Å²) in [5.41, 5.74) is 21.2. The summed E-state index contributed by atoms with van der Waals surface area (Å²) in [6.45, 7) is -3.23. The van der Waals surface area contributed by atoms with E-state index in [2.05, 4.69) is 23.3 Å². The summed E-state index contributed by atoms with van der Waals surface area (Å²) in [5.74, 6) is -5.66. The van der Waals surface area contributed by atoms with Gasteiger partial charge in [0.25, 0.3) is 0 Å². The summed E-state index contributed by atoms with van der Waals surface area (Å²) in [7, 11) is -4.12. The minimum Gasteiger partial charge on any atom is -0.480 e. The molecule has 9 amide bonds. The predicted octanol–water partition coefficient (Wildman–Crippen LogP) is 1.54. The van der Waals surface area contributed by atoms with Crippen LogP contribution in [-0.4, -0.2) is 268 Å². The Morgan fingerprint density at radius 1 is 0.468 bits per heavy atom. The number of carbonyl (C=O) groups is 10. The van der Waals surface area contributed by atoms with E-state index in [1.807, 2.05) is 60.7 Å². The van der Waals surface area contributed by atoms with Crippen LogP contribution in [0.2, 0.25) is 0 Å². The zero-order valence-corrected chi connectivity index (χ0v) is 64.7. The molecular formula is C77H106N14O18S2. The summed E-state index contributed by atoms with van der Waals surface area (Å²) in [5, 5.41) is 20.9. The Morgan fingerprint density at radius 2 is 0.847 bits per heavy atom. The number of nitrogens with one attached hydrogen (secondary N) is 2. The Labute approximate surface area is 653 Å². The average Bonchev–Trinajstić information content (AvgIpc) is 1.77. The number of amides is 9. The molecule has 32 nitrogen and oxygen atoms in total. The van der Waals surface area contributed by atoms with Crippen molar-refractivity contribution < 1.29 is 85.2 Å². The second-order valence-corrected chi connectivity index (χ2v) is 28.7. The van der Waals surface area contributed by atoms with E-state index in [0.717, 1.165) is 16.0 Å². The molecule has 0 radical (unpaired) electrons. The van der Waals surface area contributed by atoms with E-state index < -0.39 is 128 Å². The molecule has 34 heteroatoms. The van der Waals surface area contributed by atoms with Gasteiger partial charge in [-0.3, -0.25) is 43.2 Å². The fourth-order valence-corrected chi connectivity index (χ4v) is 12.8. The first-order valence-electron chi connectivity index (χ1n) is 37.2. The van der Waals surface area contributed by atoms with Crippen LogP contribution in [0.15, 0.2) is 126 Å². The largest absolute Gasteiger partial charge is 0.480 e. The fourth-order valence-electron chi connectivity index (χ4n) is 12.0. The summed E-state index contributed by atoms with van der Waals surface area (Å²) in [4.78, 5) is 155. The maximum Gasteiger partial charge on any atom is 0.326 e. The van der Waals surface area contributed by atoms with Gasteiger partial charge in [0.2, 0.25) is 76.8 Å². The number of unbranched alkanes of at least 4 members (excludes halogenated alkanes) is 3. The van der Waals surface area contributed by atoms with E-state index in [0.29, 0.717) is 91.2 Å². The number of benzene rings is 5. The van der Waals surface area contributed by atoms with Gasteiger partial charge >= 0.3 is 5.97 Å². The number of thiol groups is 1. The highest BCUT2D eigenvalue weighted by molar-refractivity contribution is 7.89. The third-order valence-electron chi connectivity index (χ3n) is 18.4. The smallest absolute Gasteiger partial charge is 0.326 e. The molecule has 604 valence electrons. The van der Waals surface area contributed by atoms with Crippen LogP contribution in [0.1, 0.15) is 79.7 Å². The zero-order chi connectivity index (χ0) is 80.1. The molecule has 1 atom stereocenters. The van der Waals surface area contributed by atoms with Gasteiger partial charge in [-0.2, -0.15) is 12.6 Å². The van der Waals surface area contributed by atoms with E-state index in [9.17, 15) is 37.5 Å². The number of carboxylic acid groups (broad SMARTS) is 1. The third-order valence-corrected chi connectivity index (χ3v) is 19.5. The molecule has 0 fully saturated rings. The summed E-state index contributed by atoms with van der Waals surface area (Å²) in [6.07, 6.45) is 3.44. The fraction of sp³-hybridized carbons (Fsp3) is 0.481. The Morgan fingerprint density at radius 3 is 1.28 bits per heavy atom. The monoisotopic (exact) mass is 1580 g/mol. The van der Waals surface area contributed by atoms with Gasteiger partial charge in [-0.05, 0) is 167 Å². The predicted molar refractivity (Wildman–Crippen MR) is 415 cm³/mol. The molecule has 0 aliphatic carbocycles. The first kappa shape index (κ1) is 88.3. The lowest BCUT2D eigenvalue weighted by atomic mass is 10.1. The van der Waals surface area contributed by atoms with Crippen molar-refractivity contribution in [2.45, 2.75) is 95.2 Å². The highest BCUT2D eigenvalue weighted by Gasteiger charge is 2.33. The van der Waals surface area contributed by atoms with Gasteiger partial charge in [0.15, 0.2) is 23.0 Å². The zero-order valence-electron chi connectivity index (χ0n) is 63.0. The van der Waals surface area contributed by atoms with Crippen molar-refractivity contribution >= 4 is 81.8 Å². The van der Waals surface area contributed by atoms with Crippen molar-refractivity contribution in [3.63, 3.8) is 0 Å². The molecule has 111 heavy (non-hydrogen) atoms. The molecule has 5 aromatic carbocycles. The van der Waals surface area contributed by atoms with Crippen molar-refractivity contribution in [2.24, 2.45) is 22.3 Å². The van der Waals surface area contributed by atoms with Crippen LogP contribution in [0.4, 0.5) is 0 Å². The van der Waals surface area contributed by atoms with Crippen LogP contribution in [-0.2, 0) is 95.1 Å². The van der Waals surface area contributed by atoms with Crippen LogP contribution in [0.3, 0.4) is 0 Å². The van der Waals surface area contributed by atoms with Gasteiger partial charge in [-0.1, -0.05) is 84.9 Å². The van der Waals surface area contributed by atoms with E-state index in [1.54, 1.807) is 43.3 Å². The Hall–Kier alpha value is -9.94.